The Kier molecular flexibility index (Phi) is 7.31. The Morgan fingerprint density at radius 2 is 1.85 bits per heavy atom. The molecule has 1 atom stereocenters. The van der Waals surface area contributed by atoms with Crippen molar-refractivity contribution in [2.75, 3.05) is 19.8 Å². The second-order valence-electron chi connectivity index (χ2n) is 7.95. The zero-order chi connectivity index (χ0) is 19.1. The van der Waals surface area contributed by atoms with Gasteiger partial charge >= 0.3 is 0 Å². The second-order valence-corrected chi connectivity index (χ2v) is 7.95. The zero-order valence-electron chi connectivity index (χ0n) is 16.7. The summed E-state index contributed by atoms with van der Waals surface area (Å²) in [6.07, 6.45) is 9.43. The number of allylic oxidation sites excluding steroid dienone is 2. The average molecular weight is 377 g/mol. The van der Waals surface area contributed by atoms with Crippen LogP contribution in [0, 0.1) is 5.92 Å². The molecule has 3 rings (SSSR count). The third-order valence-corrected chi connectivity index (χ3v) is 5.58. The minimum atomic E-state index is -1.35. The quantitative estimate of drug-likeness (QED) is 0.563. The molecule has 27 heavy (non-hydrogen) atoms. The van der Waals surface area contributed by atoms with Gasteiger partial charge in [0.1, 0.15) is 12.4 Å². The molecule has 1 aromatic rings. The van der Waals surface area contributed by atoms with E-state index < -0.39 is 12.0 Å². The summed E-state index contributed by atoms with van der Waals surface area (Å²) in [6.45, 7) is 4.68. The van der Waals surface area contributed by atoms with Gasteiger partial charge in [-0.1, -0.05) is 51.3 Å². The molecule has 1 aliphatic carbocycles. The van der Waals surface area contributed by atoms with Crippen LogP contribution >= 0.6 is 0 Å². The second kappa shape index (κ2) is 9.70. The molecule has 0 spiro atoms. The molecule has 3 nitrogen and oxygen atoms in total. The molecule has 0 bridgehead atoms. The largest absolute Gasteiger partial charge is 0.488 e. The van der Waals surface area contributed by atoms with Crippen LogP contribution < -0.4 is 4.74 Å². The number of halogens is 1. The van der Waals surface area contributed by atoms with Crippen molar-refractivity contribution in [3.05, 3.63) is 35.9 Å². The van der Waals surface area contributed by atoms with Gasteiger partial charge in [0.25, 0.3) is 0 Å². The average Bonchev–Trinajstić information content (AvgIpc) is 2.69. The Balaban J connectivity index is 1.45. The van der Waals surface area contributed by atoms with E-state index in [0.717, 1.165) is 24.5 Å². The Morgan fingerprint density at radius 1 is 1.11 bits per heavy atom. The first kappa shape index (κ1) is 20.3. The van der Waals surface area contributed by atoms with Gasteiger partial charge in [0.05, 0.1) is 13.2 Å². The summed E-state index contributed by atoms with van der Waals surface area (Å²) in [5.74, 6) is 1.65. The lowest BCUT2D eigenvalue weighted by molar-refractivity contribution is -0.242. The van der Waals surface area contributed by atoms with Crippen molar-refractivity contribution >= 4 is 5.57 Å². The van der Waals surface area contributed by atoms with Crippen molar-refractivity contribution in [3.63, 3.8) is 0 Å². The molecule has 1 aliphatic heterocycles. The maximum atomic E-state index is 14.3. The molecule has 1 heterocycles. The predicted molar refractivity (Wildman–Crippen MR) is 107 cm³/mol. The monoisotopic (exact) mass is 376 g/mol. The van der Waals surface area contributed by atoms with Crippen molar-refractivity contribution in [1.82, 2.24) is 0 Å². The summed E-state index contributed by atoms with van der Waals surface area (Å²) < 4.78 is 31.0. The van der Waals surface area contributed by atoms with Crippen LogP contribution in [0.15, 0.2) is 30.3 Å². The lowest BCUT2D eigenvalue weighted by Gasteiger charge is -2.33. The Labute approximate surface area is 162 Å². The van der Waals surface area contributed by atoms with Crippen molar-refractivity contribution in [2.24, 2.45) is 5.92 Å². The van der Waals surface area contributed by atoms with E-state index in [9.17, 15) is 4.39 Å². The molecule has 1 unspecified atom stereocenters. The van der Waals surface area contributed by atoms with Crippen LogP contribution in [0.1, 0.15) is 64.4 Å². The predicted octanol–water partition coefficient (Wildman–Crippen LogP) is 5.93. The van der Waals surface area contributed by atoms with Crippen molar-refractivity contribution in [2.45, 2.75) is 70.8 Å². The highest BCUT2D eigenvalue weighted by atomic mass is 19.1. The van der Waals surface area contributed by atoms with Crippen LogP contribution in [0.3, 0.4) is 0 Å². The summed E-state index contributed by atoms with van der Waals surface area (Å²) in [5, 5.41) is 0. The third-order valence-electron chi connectivity index (χ3n) is 5.58. The Hall–Kier alpha value is -1.39. The van der Waals surface area contributed by atoms with Gasteiger partial charge in [-0.05, 0) is 54.9 Å². The summed E-state index contributed by atoms with van der Waals surface area (Å²) >= 11 is 0. The molecule has 2 aliphatic rings. The highest BCUT2D eigenvalue weighted by molar-refractivity contribution is 5.66. The van der Waals surface area contributed by atoms with E-state index in [-0.39, 0.29) is 19.8 Å². The first-order valence-corrected chi connectivity index (χ1v) is 10.5. The number of rotatable bonds is 8. The van der Waals surface area contributed by atoms with Gasteiger partial charge in [0.15, 0.2) is 12.0 Å². The fraction of sp³-hybridized carbons (Fsp3) is 0.652. The van der Waals surface area contributed by atoms with Crippen molar-refractivity contribution < 1.29 is 18.6 Å². The van der Waals surface area contributed by atoms with E-state index in [2.05, 4.69) is 25.1 Å². The Bertz CT molecular complexity index is 603. The minimum absolute atomic E-state index is 0.0843. The van der Waals surface area contributed by atoms with Crippen LogP contribution in [0.5, 0.6) is 5.75 Å². The minimum Gasteiger partial charge on any atom is -0.488 e. The number of ether oxygens (including phenoxy) is 3. The molecule has 0 amide bonds. The third kappa shape index (κ3) is 5.79. The van der Waals surface area contributed by atoms with E-state index in [4.69, 9.17) is 14.2 Å². The van der Waals surface area contributed by atoms with Crippen LogP contribution in [-0.2, 0) is 9.47 Å². The number of hydrogen-bond donors (Lipinski definition) is 0. The number of benzene rings is 1. The molecule has 0 N–H and O–H groups in total. The van der Waals surface area contributed by atoms with E-state index in [0.29, 0.717) is 6.42 Å². The standard InChI is InChI=1S/C23H33FO3/c1-3-5-18-6-8-19(9-7-18)20-10-12-21(13-11-20)25-15-22-26-16-23(24,14-4-2)17-27-22/h8,10-13,18,22H,3-7,9,14-17H2,1-2H3. The summed E-state index contributed by atoms with van der Waals surface area (Å²) in [5.41, 5.74) is 1.38. The van der Waals surface area contributed by atoms with Crippen LogP contribution in [0.25, 0.3) is 5.57 Å². The van der Waals surface area contributed by atoms with E-state index in [1.54, 1.807) is 0 Å². The normalized spacial score (nSPS) is 28.6. The van der Waals surface area contributed by atoms with E-state index in [1.807, 2.05) is 19.1 Å². The van der Waals surface area contributed by atoms with Gasteiger partial charge < -0.3 is 14.2 Å². The molecule has 0 radical (unpaired) electrons. The lowest BCUT2D eigenvalue weighted by Crippen LogP contribution is -2.45. The van der Waals surface area contributed by atoms with Crippen molar-refractivity contribution in [3.8, 4) is 5.75 Å². The Morgan fingerprint density at radius 3 is 2.44 bits per heavy atom. The van der Waals surface area contributed by atoms with Gasteiger partial charge in [-0.25, -0.2) is 4.39 Å². The fourth-order valence-corrected chi connectivity index (χ4v) is 4.01. The first-order valence-electron chi connectivity index (χ1n) is 10.5. The van der Waals surface area contributed by atoms with Gasteiger partial charge in [-0.3, -0.25) is 0 Å². The van der Waals surface area contributed by atoms with E-state index >= 15 is 0 Å². The highest BCUT2D eigenvalue weighted by Crippen LogP contribution is 2.33. The topological polar surface area (TPSA) is 27.7 Å². The maximum absolute atomic E-state index is 14.3. The summed E-state index contributed by atoms with van der Waals surface area (Å²) in [6, 6.07) is 8.23. The molecule has 150 valence electrons. The molecule has 1 saturated heterocycles. The molecule has 0 aromatic heterocycles. The molecule has 1 aromatic carbocycles. The van der Waals surface area contributed by atoms with Gasteiger partial charge in [-0.2, -0.15) is 0 Å². The molecule has 1 fully saturated rings. The van der Waals surface area contributed by atoms with Crippen LogP contribution in [0.2, 0.25) is 0 Å². The first-order chi connectivity index (χ1) is 13.1. The number of hydrogen-bond acceptors (Lipinski definition) is 3. The van der Waals surface area contributed by atoms with Gasteiger partial charge in [-0.15, -0.1) is 0 Å². The molecule has 0 saturated carbocycles. The fourth-order valence-electron chi connectivity index (χ4n) is 4.01. The van der Waals surface area contributed by atoms with Crippen molar-refractivity contribution in [1.29, 1.82) is 0 Å². The maximum Gasteiger partial charge on any atom is 0.191 e. The molecule has 4 heteroatoms. The molecular formula is C23H33FO3. The summed E-state index contributed by atoms with van der Waals surface area (Å²) in [7, 11) is 0. The van der Waals surface area contributed by atoms with Gasteiger partial charge in [0.2, 0.25) is 0 Å². The lowest BCUT2D eigenvalue weighted by atomic mass is 9.84. The number of alkyl halides is 1. The highest BCUT2D eigenvalue weighted by Gasteiger charge is 2.36. The van der Waals surface area contributed by atoms with Gasteiger partial charge in [0, 0.05) is 0 Å². The summed E-state index contributed by atoms with van der Waals surface area (Å²) in [4.78, 5) is 0. The molecular weight excluding hydrogens is 343 g/mol. The van der Waals surface area contributed by atoms with Crippen LogP contribution in [-0.4, -0.2) is 31.8 Å². The van der Waals surface area contributed by atoms with E-state index in [1.165, 1.54) is 36.8 Å². The zero-order valence-corrected chi connectivity index (χ0v) is 16.7. The smallest absolute Gasteiger partial charge is 0.191 e. The van der Waals surface area contributed by atoms with Crippen LogP contribution in [0.4, 0.5) is 4.39 Å². The SMILES string of the molecule is CCCC1CC=C(c2ccc(OCC3OCC(F)(CCC)CO3)cc2)CC1.